The fourth-order valence-electron chi connectivity index (χ4n) is 1.64. The lowest BCUT2D eigenvalue weighted by Crippen LogP contribution is -2.01. The third kappa shape index (κ3) is 2.85. The molecule has 2 aromatic carbocycles. The third-order valence-electron chi connectivity index (χ3n) is 2.46. The Morgan fingerprint density at radius 2 is 1.74 bits per heavy atom. The van der Waals surface area contributed by atoms with E-state index >= 15 is 0 Å². The van der Waals surface area contributed by atoms with Crippen molar-refractivity contribution in [2.45, 2.75) is 0 Å². The molecule has 2 aromatic rings. The van der Waals surface area contributed by atoms with Gasteiger partial charge in [0.1, 0.15) is 11.6 Å². The Labute approximate surface area is 117 Å². The van der Waals surface area contributed by atoms with Gasteiger partial charge in [0, 0.05) is 15.6 Å². The normalized spacial score (nSPS) is 10.5. The molecule has 0 aliphatic carbocycles. The number of benzene rings is 2. The van der Waals surface area contributed by atoms with Gasteiger partial charge in [-0.1, -0.05) is 23.2 Å². The summed E-state index contributed by atoms with van der Waals surface area (Å²) in [5.74, 6) is -2.98. The third-order valence-corrected chi connectivity index (χ3v) is 2.99. The Bertz CT molecular complexity index is 652. The average molecular weight is 303 g/mol. The first-order chi connectivity index (χ1) is 8.88. The summed E-state index contributed by atoms with van der Waals surface area (Å²) in [4.78, 5) is 10.8. The smallest absolute Gasteiger partial charge is 0.338 e. The van der Waals surface area contributed by atoms with Crippen LogP contribution in [0.1, 0.15) is 10.4 Å². The van der Waals surface area contributed by atoms with Crippen LogP contribution in [0.3, 0.4) is 0 Å². The van der Waals surface area contributed by atoms with E-state index in [0.717, 1.165) is 24.3 Å². The predicted molar refractivity (Wildman–Crippen MR) is 68.8 cm³/mol. The number of hydrogen-bond acceptors (Lipinski definition) is 1. The molecule has 6 heteroatoms. The van der Waals surface area contributed by atoms with Crippen molar-refractivity contribution < 1.29 is 18.7 Å². The number of carbonyl (C=O) groups is 1. The zero-order valence-electron chi connectivity index (χ0n) is 9.25. The van der Waals surface area contributed by atoms with Crippen molar-refractivity contribution >= 4 is 29.2 Å². The largest absolute Gasteiger partial charge is 0.478 e. The van der Waals surface area contributed by atoms with E-state index < -0.39 is 23.2 Å². The van der Waals surface area contributed by atoms with Crippen molar-refractivity contribution in [3.63, 3.8) is 0 Å². The SMILES string of the molecule is O=C(O)c1cc(Cl)c(-c2cc(F)cc(Cl)c2)cc1F. The van der Waals surface area contributed by atoms with Gasteiger partial charge in [0.2, 0.25) is 0 Å². The van der Waals surface area contributed by atoms with Crippen molar-refractivity contribution in [2.24, 2.45) is 0 Å². The maximum absolute atomic E-state index is 13.6. The number of rotatable bonds is 2. The van der Waals surface area contributed by atoms with E-state index in [2.05, 4.69) is 0 Å². The summed E-state index contributed by atoms with van der Waals surface area (Å²) in [6, 6.07) is 5.56. The summed E-state index contributed by atoms with van der Waals surface area (Å²) >= 11 is 11.6. The van der Waals surface area contributed by atoms with Crippen molar-refractivity contribution in [2.75, 3.05) is 0 Å². The second-order valence-corrected chi connectivity index (χ2v) is 4.62. The molecule has 0 bridgehead atoms. The summed E-state index contributed by atoms with van der Waals surface area (Å²) in [7, 11) is 0. The molecule has 0 saturated heterocycles. The molecule has 0 amide bonds. The van der Waals surface area contributed by atoms with E-state index in [0.29, 0.717) is 0 Å². The molecule has 0 fully saturated rings. The van der Waals surface area contributed by atoms with E-state index in [-0.39, 0.29) is 21.2 Å². The zero-order valence-corrected chi connectivity index (χ0v) is 10.8. The Balaban J connectivity index is 2.63. The summed E-state index contributed by atoms with van der Waals surface area (Å²) in [5.41, 5.74) is -0.104. The molecule has 0 aromatic heterocycles. The van der Waals surface area contributed by atoms with Gasteiger partial charge in [-0.05, 0) is 35.9 Å². The van der Waals surface area contributed by atoms with Crippen LogP contribution < -0.4 is 0 Å². The van der Waals surface area contributed by atoms with Gasteiger partial charge >= 0.3 is 5.97 Å². The van der Waals surface area contributed by atoms with Crippen molar-refractivity contribution in [3.05, 3.63) is 57.6 Å². The lowest BCUT2D eigenvalue weighted by Gasteiger charge is -2.08. The Morgan fingerprint density at radius 3 is 2.32 bits per heavy atom. The minimum absolute atomic E-state index is 0.000432. The molecule has 0 aliphatic heterocycles. The monoisotopic (exact) mass is 302 g/mol. The molecular formula is C13H6Cl2F2O2. The van der Waals surface area contributed by atoms with Crippen LogP contribution in [0.5, 0.6) is 0 Å². The number of aromatic carboxylic acids is 1. The summed E-state index contributed by atoms with van der Waals surface area (Å²) in [5, 5.41) is 8.89. The molecule has 98 valence electrons. The Kier molecular flexibility index (Phi) is 3.73. The highest BCUT2D eigenvalue weighted by Gasteiger charge is 2.15. The molecule has 2 nitrogen and oxygen atoms in total. The maximum atomic E-state index is 13.6. The van der Waals surface area contributed by atoms with Crippen LogP contribution in [0.4, 0.5) is 8.78 Å². The fourth-order valence-corrected chi connectivity index (χ4v) is 2.14. The molecule has 0 aliphatic rings. The van der Waals surface area contributed by atoms with Crippen LogP contribution in [0.25, 0.3) is 11.1 Å². The second-order valence-electron chi connectivity index (χ2n) is 3.78. The van der Waals surface area contributed by atoms with Gasteiger partial charge in [0.15, 0.2) is 0 Å². The van der Waals surface area contributed by atoms with Crippen LogP contribution in [0.2, 0.25) is 10.0 Å². The first kappa shape index (κ1) is 13.8. The molecular weight excluding hydrogens is 297 g/mol. The van der Waals surface area contributed by atoms with Crippen LogP contribution in [0, 0.1) is 11.6 Å². The molecule has 0 unspecified atom stereocenters. The van der Waals surface area contributed by atoms with E-state index in [1.54, 1.807) is 0 Å². The van der Waals surface area contributed by atoms with Gasteiger partial charge in [-0.15, -0.1) is 0 Å². The first-order valence-corrected chi connectivity index (χ1v) is 5.83. The molecule has 19 heavy (non-hydrogen) atoms. The topological polar surface area (TPSA) is 37.3 Å². The van der Waals surface area contributed by atoms with Crippen molar-refractivity contribution in [1.82, 2.24) is 0 Å². The average Bonchev–Trinajstić information content (AvgIpc) is 2.30. The molecule has 0 spiro atoms. The van der Waals surface area contributed by atoms with Crippen LogP contribution in [-0.4, -0.2) is 11.1 Å². The minimum atomic E-state index is -1.43. The highest BCUT2D eigenvalue weighted by Crippen LogP contribution is 2.32. The summed E-state index contributed by atoms with van der Waals surface area (Å²) < 4.78 is 26.8. The lowest BCUT2D eigenvalue weighted by atomic mass is 10.0. The van der Waals surface area contributed by atoms with E-state index in [9.17, 15) is 13.6 Å². The first-order valence-electron chi connectivity index (χ1n) is 5.07. The lowest BCUT2D eigenvalue weighted by molar-refractivity contribution is 0.0692. The molecule has 0 atom stereocenters. The van der Waals surface area contributed by atoms with E-state index in [1.165, 1.54) is 6.07 Å². The van der Waals surface area contributed by atoms with Gasteiger partial charge in [-0.2, -0.15) is 0 Å². The molecule has 0 heterocycles. The standard InChI is InChI=1S/C13H6Cl2F2O2/c14-7-1-6(2-8(16)3-7)9-5-12(17)10(13(18)19)4-11(9)15/h1-5H,(H,18,19). The number of hydrogen-bond donors (Lipinski definition) is 1. The highest BCUT2D eigenvalue weighted by molar-refractivity contribution is 6.34. The van der Waals surface area contributed by atoms with Gasteiger partial charge < -0.3 is 5.11 Å². The Morgan fingerprint density at radius 1 is 1.05 bits per heavy atom. The summed E-state index contributed by atoms with van der Waals surface area (Å²) in [6.45, 7) is 0. The van der Waals surface area contributed by atoms with Gasteiger partial charge in [0.05, 0.1) is 5.56 Å². The highest BCUT2D eigenvalue weighted by atomic mass is 35.5. The predicted octanol–water partition coefficient (Wildman–Crippen LogP) is 4.64. The number of carboxylic acids is 1. The maximum Gasteiger partial charge on any atom is 0.338 e. The van der Waals surface area contributed by atoms with E-state index in [4.69, 9.17) is 28.3 Å². The van der Waals surface area contributed by atoms with Gasteiger partial charge in [-0.25, -0.2) is 13.6 Å². The van der Waals surface area contributed by atoms with E-state index in [1.807, 2.05) is 0 Å². The quantitative estimate of drug-likeness (QED) is 0.877. The fraction of sp³-hybridized carbons (Fsp3) is 0. The van der Waals surface area contributed by atoms with Crippen molar-refractivity contribution in [1.29, 1.82) is 0 Å². The van der Waals surface area contributed by atoms with Crippen LogP contribution in [0.15, 0.2) is 30.3 Å². The zero-order chi connectivity index (χ0) is 14.2. The second kappa shape index (κ2) is 5.15. The van der Waals surface area contributed by atoms with Gasteiger partial charge in [0.25, 0.3) is 0 Å². The number of halogens is 4. The molecule has 2 rings (SSSR count). The molecule has 0 radical (unpaired) electrons. The van der Waals surface area contributed by atoms with Crippen LogP contribution in [-0.2, 0) is 0 Å². The molecule has 0 saturated carbocycles. The molecule has 1 N–H and O–H groups in total. The Hall–Kier alpha value is -1.65. The summed E-state index contributed by atoms with van der Waals surface area (Å²) in [6.07, 6.45) is 0. The number of carboxylic acid groups (broad SMARTS) is 1. The van der Waals surface area contributed by atoms with Crippen LogP contribution >= 0.6 is 23.2 Å². The minimum Gasteiger partial charge on any atom is -0.478 e. The van der Waals surface area contributed by atoms with Gasteiger partial charge in [-0.3, -0.25) is 0 Å². The van der Waals surface area contributed by atoms with Crippen molar-refractivity contribution in [3.8, 4) is 11.1 Å².